The van der Waals surface area contributed by atoms with E-state index in [9.17, 15) is 38.0 Å². The van der Waals surface area contributed by atoms with Crippen LogP contribution in [-0.4, -0.2) is 15.0 Å². The number of nitrogens with zero attached hydrogens (tertiary/aromatic N) is 1. The Morgan fingerprint density at radius 1 is 1.27 bits per heavy atom. The number of nitrogens with one attached hydrogen (secondary N) is 1. The Labute approximate surface area is 118 Å². The fraction of sp³-hybridized carbons (Fsp3) is 0.167. The molecule has 0 atom stereocenters. The molecule has 116 valence electrons. The summed E-state index contributed by atoms with van der Waals surface area (Å²) in [6.07, 6.45) is -4.97. The maximum atomic E-state index is 13.1. The number of H-pyrrole nitrogens is 1. The maximum Gasteiger partial charge on any atom is 0.417 e. The number of fused-ring (bicyclic) bond motifs is 1. The number of hydrogen-bond acceptors (Lipinski definition) is 5. The minimum Gasteiger partial charge on any atom is -0.503 e. The van der Waals surface area contributed by atoms with Gasteiger partial charge in [0.1, 0.15) is 5.52 Å². The SMILES string of the molecule is Cc1cc(C(F)(F)F)c2c(=O)cc(O)c(=O)[nH]c2c1[N+](=O)[O-]. The number of nitro benzene ring substituents is 1. The summed E-state index contributed by atoms with van der Waals surface area (Å²) in [4.78, 5) is 35.2. The summed E-state index contributed by atoms with van der Waals surface area (Å²) in [6.45, 7) is 1.04. The van der Waals surface area contributed by atoms with Gasteiger partial charge in [0.25, 0.3) is 11.2 Å². The van der Waals surface area contributed by atoms with Crippen molar-refractivity contribution in [1.29, 1.82) is 0 Å². The second kappa shape index (κ2) is 4.83. The third-order valence-corrected chi connectivity index (χ3v) is 2.96. The number of hydrogen-bond donors (Lipinski definition) is 2. The molecule has 0 saturated heterocycles. The van der Waals surface area contributed by atoms with Gasteiger partial charge in [-0.2, -0.15) is 13.2 Å². The molecule has 1 aromatic heterocycles. The molecule has 0 spiro atoms. The van der Waals surface area contributed by atoms with E-state index in [0.29, 0.717) is 6.07 Å². The second-order valence-electron chi connectivity index (χ2n) is 4.44. The molecule has 0 saturated carbocycles. The summed E-state index contributed by atoms with van der Waals surface area (Å²) in [5, 5.41) is 19.2. The van der Waals surface area contributed by atoms with Crippen LogP contribution < -0.4 is 11.0 Å². The molecule has 0 bridgehead atoms. The molecule has 2 N–H and O–H groups in total. The third-order valence-electron chi connectivity index (χ3n) is 2.96. The molecule has 0 unspecified atom stereocenters. The lowest BCUT2D eigenvalue weighted by atomic mass is 10.0. The highest BCUT2D eigenvalue weighted by atomic mass is 19.4. The van der Waals surface area contributed by atoms with Crippen LogP contribution in [-0.2, 0) is 6.18 Å². The molecule has 2 aromatic rings. The van der Waals surface area contributed by atoms with Crippen LogP contribution in [0.15, 0.2) is 21.7 Å². The van der Waals surface area contributed by atoms with Crippen molar-refractivity contribution in [3.05, 3.63) is 54.0 Å². The van der Waals surface area contributed by atoms with Crippen molar-refractivity contribution < 1.29 is 23.2 Å². The lowest BCUT2D eigenvalue weighted by Gasteiger charge is -2.10. The van der Waals surface area contributed by atoms with Crippen molar-refractivity contribution in [3.63, 3.8) is 0 Å². The van der Waals surface area contributed by atoms with Gasteiger partial charge in [-0.25, -0.2) is 0 Å². The van der Waals surface area contributed by atoms with E-state index in [1.807, 2.05) is 0 Å². The Hall–Kier alpha value is -2.91. The van der Waals surface area contributed by atoms with Gasteiger partial charge in [-0.05, 0) is 13.0 Å². The summed E-state index contributed by atoms with van der Waals surface area (Å²) < 4.78 is 39.2. The Morgan fingerprint density at radius 3 is 2.36 bits per heavy atom. The largest absolute Gasteiger partial charge is 0.503 e. The predicted octanol–water partition coefficient (Wildman–Crippen LogP) is 1.83. The van der Waals surface area contributed by atoms with E-state index < -0.39 is 50.0 Å². The minimum atomic E-state index is -4.97. The van der Waals surface area contributed by atoms with Crippen molar-refractivity contribution in [3.8, 4) is 5.75 Å². The molecule has 0 aliphatic carbocycles. The number of nitro groups is 1. The number of aromatic amines is 1. The number of halogens is 3. The van der Waals surface area contributed by atoms with Gasteiger partial charge in [0.2, 0.25) is 0 Å². The lowest BCUT2D eigenvalue weighted by Crippen LogP contribution is -2.13. The fourth-order valence-corrected chi connectivity index (χ4v) is 2.08. The van der Waals surface area contributed by atoms with Gasteiger partial charge in [-0.15, -0.1) is 0 Å². The van der Waals surface area contributed by atoms with Crippen LogP contribution in [0.2, 0.25) is 0 Å². The number of aryl methyl sites for hydroxylation is 1. The fourth-order valence-electron chi connectivity index (χ4n) is 2.08. The van der Waals surface area contributed by atoms with Crippen molar-refractivity contribution in [2.45, 2.75) is 13.1 Å². The van der Waals surface area contributed by atoms with Crippen molar-refractivity contribution in [2.75, 3.05) is 0 Å². The lowest BCUT2D eigenvalue weighted by molar-refractivity contribution is -0.383. The molecule has 0 amide bonds. The topological polar surface area (TPSA) is 113 Å². The molecular weight excluding hydrogens is 309 g/mol. The minimum absolute atomic E-state index is 0.287. The molecule has 1 heterocycles. The molecule has 10 heteroatoms. The molecule has 0 aliphatic heterocycles. The van der Waals surface area contributed by atoms with E-state index in [-0.39, 0.29) is 11.6 Å². The summed E-state index contributed by atoms with van der Waals surface area (Å²) in [6, 6.07) is 0.743. The van der Waals surface area contributed by atoms with E-state index in [4.69, 9.17) is 0 Å². The smallest absolute Gasteiger partial charge is 0.417 e. The van der Waals surface area contributed by atoms with E-state index >= 15 is 0 Å². The Bertz CT molecular complexity index is 918. The molecule has 0 aliphatic rings. The van der Waals surface area contributed by atoms with Gasteiger partial charge in [0.15, 0.2) is 11.2 Å². The first-order valence-electron chi connectivity index (χ1n) is 5.69. The highest BCUT2D eigenvalue weighted by Gasteiger charge is 2.36. The molecule has 1 aromatic carbocycles. The first-order valence-corrected chi connectivity index (χ1v) is 5.69. The Balaban J connectivity index is 3.28. The highest BCUT2D eigenvalue weighted by Crippen LogP contribution is 2.37. The highest BCUT2D eigenvalue weighted by molar-refractivity contribution is 5.91. The molecule has 7 nitrogen and oxygen atoms in total. The number of aromatic hydroxyl groups is 1. The number of benzene rings is 1. The third kappa shape index (κ3) is 2.38. The zero-order valence-corrected chi connectivity index (χ0v) is 10.8. The first-order chi connectivity index (χ1) is 10.0. The van der Waals surface area contributed by atoms with Crippen LogP contribution >= 0.6 is 0 Å². The van der Waals surface area contributed by atoms with Crippen LogP contribution in [0.4, 0.5) is 18.9 Å². The van der Waals surface area contributed by atoms with Crippen LogP contribution in [0.5, 0.6) is 5.75 Å². The van der Waals surface area contributed by atoms with Crippen molar-refractivity contribution in [2.24, 2.45) is 0 Å². The predicted molar refractivity (Wildman–Crippen MR) is 68.9 cm³/mol. The number of rotatable bonds is 1. The molecular formula is C12H7F3N2O5. The summed E-state index contributed by atoms with van der Waals surface area (Å²) in [5.41, 5.74) is -6.21. The van der Waals surface area contributed by atoms with Gasteiger partial charge < -0.3 is 10.1 Å². The molecule has 2 rings (SSSR count). The zero-order chi connectivity index (χ0) is 16.8. The molecule has 0 fully saturated rings. The normalized spacial score (nSPS) is 11.6. The summed E-state index contributed by atoms with van der Waals surface area (Å²) >= 11 is 0. The van der Waals surface area contributed by atoms with Gasteiger partial charge in [0, 0.05) is 11.6 Å². The van der Waals surface area contributed by atoms with Crippen LogP contribution in [0.3, 0.4) is 0 Å². The van der Waals surface area contributed by atoms with Gasteiger partial charge >= 0.3 is 6.18 Å². The number of alkyl halides is 3. The van der Waals surface area contributed by atoms with Crippen LogP contribution in [0, 0.1) is 17.0 Å². The first kappa shape index (κ1) is 15.5. The van der Waals surface area contributed by atoms with Crippen LogP contribution in [0.25, 0.3) is 10.9 Å². The number of aromatic nitrogens is 1. The van der Waals surface area contributed by atoms with Crippen molar-refractivity contribution in [1.82, 2.24) is 4.98 Å². The molecule has 0 radical (unpaired) electrons. The Morgan fingerprint density at radius 2 is 1.86 bits per heavy atom. The quantitative estimate of drug-likeness (QED) is 0.615. The van der Waals surface area contributed by atoms with E-state index in [1.165, 1.54) is 0 Å². The van der Waals surface area contributed by atoms with Crippen molar-refractivity contribution >= 4 is 16.6 Å². The van der Waals surface area contributed by atoms with Gasteiger partial charge in [-0.1, -0.05) is 0 Å². The van der Waals surface area contributed by atoms with Gasteiger partial charge in [0.05, 0.1) is 15.9 Å². The Kier molecular flexibility index (Phi) is 3.39. The molecule has 22 heavy (non-hydrogen) atoms. The maximum absolute atomic E-state index is 13.1. The van der Waals surface area contributed by atoms with Gasteiger partial charge in [-0.3, -0.25) is 19.7 Å². The van der Waals surface area contributed by atoms with Crippen LogP contribution in [0.1, 0.15) is 11.1 Å². The summed E-state index contributed by atoms with van der Waals surface area (Å²) in [7, 11) is 0. The average molecular weight is 316 g/mol. The zero-order valence-electron chi connectivity index (χ0n) is 10.8. The average Bonchev–Trinajstić information content (AvgIpc) is 2.45. The monoisotopic (exact) mass is 316 g/mol. The second-order valence-corrected chi connectivity index (χ2v) is 4.44. The standard InChI is InChI=1S/C12H7F3N2O5/c1-4-2-5(12(13,14)15)8-6(18)3-7(19)11(20)16-9(8)10(4)17(21)22/h2-3,19H,1H3,(H,16,20). The van der Waals surface area contributed by atoms with E-state index in [1.54, 1.807) is 4.98 Å². The van der Waals surface area contributed by atoms with E-state index in [0.717, 1.165) is 6.92 Å². The summed E-state index contributed by atoms with van der Waals surface area (Å²) in [5.74, 6) is -1.14. The van der Waals surface area contributed by atoms with E-state index in [2.05, 4.69) is 0 Å².